The second-order valence-corrected chi connectivity index (χ2v) is 9.07. The van der Waals surface area contributed by atoms with Gasteiger partial charge < -0.3 is 9.32 Å². The molecule has 0 atom stereocenters. The third-order valence-corrected chi connectivity index (χ3v) is 6.64. The summed E-state index contributed by atoms with van der Waals surface area (Å²) in [5, 5.41) is -0.131. The molecule has 1 fully saturated rings. The third kappa shape index (κ3) is 3.51. The Morgan fingerprint density at radius 2 is 1.63 bits per heavy atom. The number of aromatic nitrogens is 1. The number of sulfone groups is 1. The minimum Gasteiger partial charge on any atom is -0.419 e. The quantitative estimate of drug-likeness (QED) is 0.540. The van der Waals surface area contributed by atoms with Gasteiger partial charge in [0.2, 0.25) is 26.6 Å². The second kappa shape index (κ2) is 7.09. The van der Waals surface area contributed by atoms with Crippen molar-refractivity contribution in [3.8, 4) is 11.5 Å². The Hall–Kier alpha value is -2.19. The fourth-order valence-corrected chi connectivity index (χ4v) is 4.62. The average Bonchev–Trinajstić information content (AvgIpc) is 3.32. The summed E-state index contributed by atoms with van der Waals surface area (Å²) in [6.45, 7) is 1.42. The molecule has 2 aromatic carbocycles. The van der Waals surface area contributed by atoms with Crippen molar-refractivity contribution in [3.63, 3.8) is 0 Å². The summed E-state index contributed by atoms with van der Waals surface area (Å²) in [4.78, 5) is 6.20. The monoisotopic (exact) mass is 450 g/mol. The van der Waals surface area contributed by atoms with E-state index in [2.05, 4.69) is 20.9 Å². The molecule has 0 spiro atoms. The molecule has 0 radical (unpaired) electrons. The predicted octanol–water partition coefficient (Wildman–Crippen LogP) is 4.68. The first-order valence-corrected chi connectivity index (χ1v) is 10.7. The molecule has 5 nitrogen and oxygen atoms in total. The molecule has 4 rings (SSSR count). The fraction of sp³-hybridized carbons (Fsp3) is 0.211. The van der Waals surface area contributed by atoms with E-state index >= 15 is 0 Å². The van der Waals surface area contributed by atoms with Gasteiger partial charge in [-0.05, 0) is 61.4 Å². The highest BCUT2D eigenvalue weighted by Crippen LogP contribution is 2.36. The van der Waals surface area contributed by atoms with Crippen molar-refractivity contribution in [3.05, 3.63) is 58.8 Å². The molecule has 2 heterocycles. The number of anilines is 1. The van der Waals surface area contributed by atoms with Crippen LogP contribution in [0, 0.1) is 5.82 Å². The molecule has 0 aliphatic carbocycles. The van der Waals surface area contributed by atoms with E-state index in [-0.39, 0.29) is 21.7 Å². The van der Waals surface area contributed by atoms with Crippen LogP contribution in [0.1, 0.15) is 12.8 Å². The molecule has 1 aliphatic heterocycles. The van der Waals surface area contributed by atoms with E-state index in [0.717, 1.165) is 29.4 Å². The smallest absolute Gasteiger partial charge is 0.236 e. The molecule has 27 heavy (non-hydrogen) atoms. The zero-order valence-electron chi connectivity index (χ0n) is 14.2. The zero-order chi connectivity index (χ0) is 19.0. The first-order chi connectivity index (χ1) is 12.9. The first-order valence-electron chi connectivity index (χ1n) is 8.47. The molecule has 140 valence electrons. The normalized spacial score (nSPS) is 14.7. The fourth-order valence-electron chi connectivity index (χ4n) is 3.03. The Labute approximate surface area is 164 Å². The van der Waals surface area contributed by atoms with Crippen molar-refractivity contribution < 1.29 is 17.2 Å². The lowest BCUT2D eigenvalue weighted by atomic mass is 10.2. The Morgan fingerprint density at radius 1 is 1.00 bits per heavy atom. The van der Waals surface area contributed by atoms with Gasteiger partial charge in [0.1, 0.15) is 5.82 Å². The van der Waals surface area contributed by atoms with E-state index in [4.69, 9.17) is 4.42 Å². The van der Waals surface area contributed by atoms with E-state index in [9.17, 15) is 12.8 Å². The maximum atomic E-state index is 13.2. The predicted molar refractivity (Wildman–Crippen MR) is 103 cm³/mol. The molecule has 3 aromatic rings. The Kier molecular flexibility index (Phi) is 4.77. The van der Waals surface area contributed by atoms with Gasteiger partial charge >= 0.3 is 0 Å². The lowest BCUT2D eigenvalue weighted by Crippen LogP contribution is -2.19. The van der Waals surface area contributed by atoms with E-state index in [0.29, 0.717) is 18.7 Å². The SMILES string of the molecule is O=S(=O)(c1ccc(F)cc1)c1nc(-c2ccc(Br)cc2)oc1N1CCCC1. The molecule has 8 heteroatoms. The molecular weight excluding hydrogens is 435 g/mol. The van der Waals surface area contributed by atoms with Crippen LogP contribution in [-0.4, -0.2) is 26.5 Å². The molecule has 0 amide bonds. The molecule has 1 aromatic heterocycles. The summed E-state index contributed by atoms with van der Waals surface area (Å²) in [5.41, 5.74) is 0.680. The summed E-state index contributed by atoms with van der Waals surface area (Å²) < 4.78 is 46.3. The number of hydrogen-bond donors (Lipinski definition) is 0. The minimum absolute atomic E-state index is 0.0139. The van der Waals surface area contributed by atoms with Gasteiger partial charge in [0.15, 0.2) is 0 Å². The van der Waals surface area contributed by atoms with Crippen LogP contribution in [0.5, 0.6) is 0 Å². The summed E-state index contributed by atoms with van der Waals surface area (Å²) in [6.07, 6.45) is 1.93. The average molecular weight is 451 g/mol. The second-order valence-electron chi connectivity index (χ2n) is 6.29. The van der Waals surface area contributed by atoms with Gasteiger partial charge in [-0.3, -0.25) is 0 Å². The standard InChI is InChI=1S/C19H16BrFN2O3S/c20-14-5-3-13(4-6-14)17-22-18(19(26-17)23-11-1-2-12-23)27(24,25)16-9-7-15(21)8-10-16/h3-10H,1-2,11-12H2. The largest absolute Gasteiger partial charge is 0.419 e. The summed E-state index contributed by atoms with van der Waals surface area (Å²) >= 11 is 3.37. The molecule has 0 N–H and O–H groups in total. The first kappa shape index (κ1) is 18.2. The summed E-state index contributed by atoms with van der Waals surface area (Å²) in [7, 11) is -3.94. The number of oxazole rings is 1. The number of benzene rings is 2. The summed E-state index contributed by atoms with van der Waals surface area (Å²) in [6, 6.07) is 12.0. The highest BCUT2D eigenvalue weighted by Gasteiger charge is 2.32. The molecule has 0 bridgehead atoms. The lowest BCUT2D eigenvalue weighted by molar-refractivity contribution is 0.556. The van der Waals surface area contributed by atoms with Gasteiger partial charge in [-0.1, -0.05) is 15.9 Å². The van der Waals surface area contributed by atoms with Crippen LogP contribution < -0.4 is 4.90 Å². The van der Waals surface area contributed by atoms with Crippen molar-refractivity contribution in [1.82, 2.24) is 4.98 Å². The number of rotatable bonds is 4. The molecule has 0 saturated carbocycles. The van der Waals surface area contributed by atoms with Crippen LogP contribution >= 0.6 is 15.9 Å². The highest BCUT2D eigenvalue weighted by atomic mass is 79.9. The maximum absolute atomic E-state index is 13.2. The van der Waals surface area contributed by atoms with Gasteiger partial charge in [0.05, 0.1) is 4.90 Å². The Bertz CT molecular complexity index is 1060. The molecular formula is C19H16BrFN2O3S. The van der Waals surface area contributed by atoms with Crippen LogP contribution in [0.2, 0.25) is 0 Å². The lowest BCUT2D eigenvalue weighted by Gasteiger charge is -2.14. The van der Waals surface area contributed by atoms with E-state index in [1.54, 1.807) is 12.1 Å². The van der Waals surface area contributed by atoms with Crippen molar-refractivity contribution >= 4 is 31.7 Å². The third-order valence-electron chi connectivity index (χ3n) is 4.44. The maximum Gasteiger partial charge on any atom is 0.236 e. The zero-order valence-corrected chi connectivity index (χ0v) is 16.6. The molecule has 1 saturated heterocycles. The van der Waals surface area contributed by atoms with Crippen LogP contribution in [0.3, 0.4) is 0 Å². The van der Waals surface area contributed by atoms with Crippen molar-refractivity contribution in [2.24, 2.45) is 0 Å². The van der Waals surface area contributed by atoms with Crippen molar-refractivity contribution in [2.75, 3.05) is 18.0 Å². The van der Waals surface area contributed by atoms with E-state index in [1.807, 2.05) is 17.0 Å². The van der Waals surface area contributed by atoms with Crippen LogP contribution in [0.4, 0.5) is 10.3 Å². The Morgan fingerprint density at radius 3 is 2.26 bits per heavy atom. The minimum atomic E-state index is -3.94. The topological polar surface area (TPSA) is 63.4 Å². The molecule has 0 unspecified atom stereocenters. The van der Waals surface area contributed by atoms with Gasteiger partial charge in [0, 0.05) is 23.1 Å². The van der Waals surface area contributed by atoms with Gasteiger partial charge in [-0.2, -0.15) is 4.98 Å². The van der Waals surface area contributed by atoms with E-state index in [1.165, 1.54) is 12.1 Å². The van der Waals surface area contributed by atoms with Crippen molar-refractivity contribution in [1.29, 1.82) is 0 Å². The van der Waals surface area contributed by atoms with Crippen molar-refractivity contribution in [2.45, 2.75) is 22.8 Å². The number of nitrogens with zero attached hydrogens (tertiary/aromatic N) is 2. The van der Waals surface area contributed by atoms with Crippen LogP contribution in [-0.2, 0) is 9.84 Å². The summed E-state index contributed by atoms with van der Waals surface area (Å²) in [5.74, 6) is -0.00995. The van der Waals surface area contributed by atoms with Gasteiger partial charge in [-0.15, -0.1) is 0 Å². The number of halogens is 2. The van der Waals surface area contributed by atoms with E-state index < -0.39 is 15.7 Å². The van der Waals surface area contributed by atoms with Gasteiger partial charge in [0.25, 0.3) is 0 Å². The van der Waals surface area contributed by atoms with Gasteiger partial charge in [-0.25, -0.2) is 12.8 Å². The molecule has 1 aliphatic rings. The Balaban J connectivity index is 1.85. The van der Waals surface area contributed by atoms with Crippen LogP contribution in [0.15, 0.2) is 67.3 Å². The highest BCUT2D eigenvalue weighted by molar-refractivity contribution is 9.10. The number of hydrogen-bond acceptors (Lipinski definition) is 5. The van der Waals surface area contributed by atoms with Crippen LogP contribution in [0.25, 0.3) is 11.5 Å².